The molecule has 2 aliphatic rings. The predicted molar refractivity (Wildman–Crippen MR) is 94.2 cm³/mol. The number of carbonyl (C=O) groups excluding carboxylic acids is 1. The Balaban J connectivity index is 1.52. The summed E-state index contributed by atoms with van der Waals surface area (Å²) in [7, 11) is 3.23. The van der Waals surface area contributed by atoms with Gasteiger partial charge in [-0.1, -0.05) is 0 Å². The van der Waals surface area contributed by atoms with E-state index in [1.807, 2.05) is 18.2 Å². The number of ether oxygens (including phenoxy) is 2. The molecule has 144 valence electrons. The Kier molecular flexibility index (Phi) is 5.50. The number of nitrogens with one attached hydrogen (secondary N) is 2. The molecule has 0 saturated carbocycles. The van der Waals surface area contributed by atoms with Crippen LogP contribution in [0.4, 0.5) is 14.5 Å². The third-order valence-corrected chi connectivity index (χ3v) is 4.98. The van der Waals surface area contributed by atoms with Gasteiger partial charge in [0.15, 0.2) is 0 Å². The van der Waals surface area contributed by atoms with Crippen molar-refractivity contribution in [2.45, 2.75) is 24.8 Å². The van der Waals surface area contributed by atoms with Crippen molar-refractivity contribution in [3.05, 3.63) is 18.2 Å². The number of halogens is 2. The van der Waals surface area contributed by atoms with Gasteiger partial charge in [0.05, 0.1) is 26.8 Å². The summed E-state index contributed by atoms with van der Waals surface area (Å²) in [5.74, 6) is -1.41. The van der Waals surface area contributed by atoms with Crippen LogP contribution in [0.3, 0.4) is 0 Å². The minimum absolute atomic E-state index is 0.276. The van der Waals surface area contributed by atoms with Crippen molar-refractivity contribution in [1.82, 2.24) is 10.6 Å². The first-order chi connectivity index (χ1) is 12.4. The fraction of sp³-hybridized carbons (Fsp3) is 0.611. The maximum Gasteiger partial charge on any atom is 0.262 e. The summed E-state index contributed by atoms with van der Waals surface area (Å²) in [6.45, 7) is 1.70. The van der Waals surface area contributed by atoms with E-state index in [0.717, 1.165) is 36.7 Å². The van der Waals surface area contributed by atoms with Crippen molar-refractivity contribution in [2.75, 3.05) is 45.3 Å². The molecule has 2 fully saturated rings. The van der Waals surface area contributed by atoms with E-state index < -0.39 is 24.9 Å². The largest absolute Gasteiger partial charge is 0.497 e. The molecular formula is C18H25F2N3O3. The molecule has 0 spiro atoms. The van der Waals surface area contributed by atoms with Crippen molar-refractivity contribution in [3.63, 3.8) is 0 Å². The molecule has 0 aliphatic carbocycles. The first-order valence-electron chi connectivity index (χ1n) is 8.77. The zero-order chi connectivity index (χ0) is 18.7. The summed E-state index contributed by atoms with van der Waals surface area (Å²) in [5.41, 5.74) is 1.01. The molecule has 2 unspecified atom stereocenters. The van der Waals surface area contributed by atoms with Gasteiger partial charge in [-0.25, -0.2) is 8.78 Å². The van der Waals surface area contributed by atoms with Crippen LogP contribution < -0.4 is 25.0 Å². The summed E-state index contributed by atoms with van der Waals surface area (Å²) in [6.07, 6.45) is 0.493. The Morgan fingerprint density at radius 3 is 2.58 bits per heavy atom. The number of nitrogens with zero attached hydrogens (tertiary/aromatic N) is 1. The summed E-state index contributed by atoms with van der Waals surface area (Å²) < 4.78 is 37.0. The molecule has 3 rings (SSSR count). The van der Waals surface area contributed by atoms with Crippen LogP contribution in [0.5, 0.6) is 11.5 Å². The molecule has 0 radical (unpaired) electrons. The molecule has 26 heavy (non-hydrogen) atoms. The number of hydrogen-bond acceptors (Lipinski definition) is 5. The number of rotatable bonds is 6. The Morgan fingerprint density at radius 2 is 2.00 bits per heavy atom. The lowest BCUT2D eigenvalue weighted by Gasteiger charge is -2.21. The van der Waals surface area contributed by atoms with Crippen LogP contribution in [0.15, 0.2) is 18.2 Å². The monoisotopic (exact) mass is 369 g/mol. The van der Waals surface area contributed by atoms with E-state index >= 15 is 0 Å². The molecule has 2 saturated heterocycles. The summed E-state index contributed by atoms with van der Waals surface area (Å²) in [6, 6.07) is 4.93. The molecule has 0 bridgehead atoms. The third kappa shape index (κ3) is 4.35. The Labute approximate surface area is 151 Å². The molecule has 2 heterocycles. The van der Waals surface area contributed by atoms with E-state index in [9.17, 15) is 13.6 Å². The van der Waals surface area contributed by atoms with Gasteiger partial charge in [0, 0.05) is 49.9 Å². The smallest absolute Gasteiger partial charge is 0.262 e. The highest BCUT2D eigenvalue weighted by Gasteiger charge is 2.42. The quantitative estimate of drug-likeness (QED) is 0.798. The number of carbonyl (C=O) groups is 1. The maximum absolute atomic E-state index is 13.2. The lowest BCUT2D eigenvalue weighted by atomic mass is 10.1. The van der Waals surface area contributed by atoms with Crippen LogP contribution >= 0.6 is 0 Å². The topological polar surface area (TPSA) is 62.8 Å². The molecule has 6 nitrogen and oxygen atoms in total. The van der Waals surface area contributed by atoms with Gasteiger partial charge >= 0.3 is 0 Å². The standard InChI is InChI=1S/C18H25F2N3O3/c1-25-14-5-13(6-15(7-14)26-2)23-4-3-12(10-23)9-21-17(24)16-8-18(19,20)11-22-16/h5-7,12,16,22H,3-4,8-11H2,1-2H3,(H,21,24). The zero-order valence-corrected chi connectivity index (χ0v) is 15.1. The third-order valence-electron chi connectivity index (χ3n) is 4.98. The van der Waals surface area contributed by atoms with E-state index in [0.29, 0.717) is 6.54 Å². The van der Waals surface area contributed by atoms with Crippen molar-refractivity contribution < 1.29 is 23.0 Å². The molecule has 2 aliphatic heterocycles. The number of benzene rings is 1. The van der Waals surface area contributed by atoms with Crippen LogP contribution in [0.1, 0.15) is 12.8 Å². The fourth-order valence-corrected chi connectivity index (χ4v) is 3.48. The van der Waals surface area contributed by atoms with Gasteiger partial charge in [0.2, 0.25) is 5.91 Å². The van der Waals surface area contributed by atoms with Gasteiger partial charge < -0.3 is 19.7 Å². The SMILES string of the molecule is COc1cc(OC)cc(N2CCC(CNC(=O)C3CC(F)(F)CN3)C2)c1. The minimum Gasteiger partial charge on any atom is -0.497 e. The van der Waals surface area contributed by atoms with Crippen molar-refractivity contribution in [3.8, 4) is 11.5 Å². The van der Waals surface area contributed by atoms with Crippen molar-refractivity contribution in [2.24, 2.45) is 5.92 Å². The second kappa shape index (κ2) is 7.65. The highest BCUT2D eigenvalue weighted by Crippen LogP contribution is 2.31. The zero-order valence-electron chi connectivity index (χ0n) is 15.1. The van der Waals surface area contributed by atoms with Crippen LogP contribution in [0.2, 0.25) is 0 Å². The van der Waals surface area contributed by atoms with E-state index in [1.165, 1.54) is 0 Å². The van der Waals surface area contributed by atoms with Crippen LogP contribution in [0.25, 0.3) is 0 Å². The lowest BCUT2D eigenvalue weighted by Crippen LogP contribution is -2.42. The van der Waals surface area contributed by atoms with Crippen molar-refractivity contribution >= 4 is 11.6 Å². The average molecular weight is 369 g/mol. The number of alkyl halides is 2. The van der Waals surface area contributed by atoms with Crippen LogP contribution in [-0.2, 0) is 4.79 Å². The first kappa shape index (κ1) is 18.7. The number of methoxy groups -OCH3 is 2. The number of hydrogen-bond donors (Lipinski definition) is 2. The normalized spacial score (nSPS) is 24.5. The maximum atomic E-state index is 13.2. The predicted octanol–water partition coefficient (Wildman–Crippen LogP) is 1.64. The van der Waals surface area contributed by atoms with Crippen molar-refractivity contribution in [1.29, 1.82) is 0 Å². The van der Waals surface area contributed by atoms with E-state index in [4.69, 9.17) is 9.47 Å². The number of amides is 1. The van der Waals surface area contributed by atoms with Crippen LogP contribution in [-0.4, -0.2) is 58.3 Å². The first-order valence-corrected chi connectivity index (χ1v) is 8.77. The van der Waals surface area contributed by atoms with E-state index in [2.05, 4.69) is 15.5 Å². The fourth-order valence-electron chi connectivity index (χ4n) is 3.48. The second-order valence-corrected chi connectivity index (χ2v) is 6.91. The highest BCUT2D eigenvalue weighted by atomic mass is 19.3. The van der Waals surface area contributed by atoms with E-state index in [1.54, 1.807) is 14.2 Å². The van der Waals surface area contributed by atoms with Crippen LogP contribution in [0, 0.1) is 5.92 Å². The highest BCUT2D eigenvalue weighted by molar-refractivity contribution is 5.82. The minimum atomic E-state index is -2.79. The van der Waals surface area contributed by atoms with Gasteiger partial charge in [0.1, 0.15) is 11.5 Å². The Hall–Kier alpha value is -2.09. The van der Waals surface area contributed by atoms with Gasteiger partial charge in [0.25, 0.3) is 5.92 Å². The molecular weight excluding hydrogens is 344 g/mol. The average Bonchev–Trinajstić information content (AvgIpc) is 3.25. The van der Waals surface area contributed by atoms with Gasteiger partial charge in [-0.2, -0.15) is 0 Å². The lowest BCUT2D eigenvalue weighted by molar-refractivity contribution is -0.123. The number of anilines is 1. The summed E-state index contributed by atoms with van der Waals surface area (Å²) in [4.78, 5) is 14.3. The van der Waals surface area contributed by atoms with Gasteiger partial charge in [-0.3, -0.25) is 10.1 Å². The Morgan fingerprint density at radius 1 is 1.31 bits per heavy atom. The van der Waals surface area contributed by atoms with E-state index in [-0.39, 0.29) is 11.8 Å². The molecule has 8 heteroatoms. The molecule has 1 aromatic rings. The Bertz CT molecular complexity index is 634. The molecule has 0 aromatic heterocycles. The summed E-state index contributed by atoms with van der Waals surface area (Å²) >= 11 is 0. The van der Waals surface area contributed by atoms with Gasteiger partial charge in [-0.15, -0.1) is 0 Å². The summed E-state index contributed by atoms with van der Waals surface area (Å²) in [5, 5.41) is 5.39. The second-order valence-electron chi connectivity index (χ2n) is 6.91. The molecule has 2 N–H and O–H groups in total. The molecule has 1 aromatic carbocycles. The van der Waals surface area contributed by atoms with Gasteiger partial charge in [-0.05, 0) is 12.3 Å². The molecule has 2 atom stereocenters. The molecule has 1 amide bonds.